The van der Waals surface area contributed by atoms with Crippen molar-refractivity contribution in [3.05, 3.63) is 11.1 Å². The number of carbonyl (C=O) groups is 3. The van der Waals surface area contributed by atoms with Crippen LogP contribution in [0, 0.1) is 0 Å². The third-order valence-electron chi connectivity index (χ3n) is 4.96. The Labute approximate surface area is 179 Å². The van der Waals surface area contributed by atoms with Crippen LogP contribution in [0.3, 0.4) is 0 Å². The lowest BCUT2D eigenvalue weighted by Crippen LogP contribution is -2.76. The van der Waals surface area contributed by atoms with Crippen LogP contribution in [-0.4, -0.2) is 68.8 Å². The van der Waals surface area contributed by atoms with Gasteiger partial charge < -0.3 is 21.0 Å². The van der Waals surface area contributed by atoms with Crippen molar-refractivity contribution in [2.75, 3.05) is 5.73 Å². The molecule has 0 unspecified atom stereocenters. The lowest BCUT2D eigenvalue weighted by Gasteiger charge is -2.50. The average Bonchev–Trinajstić information content (AvgIpc) is 3.04. The second-order valence-electron chi connectivity index (χ2n) is 7.45. The van der Waals surface area contributed by atoms with E-state index < -0.39 is 51.1 Å². The number of aliphatic carboxylic acids is 1. The van der Waals surface area contributed by atoms with Crippen molar-refractivity contribution in [3.63, 3.8) is 0 Å². The molecule has 1 atom stereocenters. The van der Waals surface area contributed by atoms with E-state index in [0.717, 1.165) is 11.3 Å². The largest absolute Gasteiger partial charge is 0.478 e. The monoisotopic (exact) mass is 477 g/mol. The van der Waals surface area contributed by atoms with E-state index in [0.29, 0.717) is 11.5 Å². The van der Waals surface area contributed by atoms with Crippen LogP contribution >= 0.6 is 11.3 Å². The second-order valence-corrected chi connectivity index (χ2v) is 9.34. The third-order valence-corrected chi connectivity index (χ3v) is 5.97. The zero-order valence-corrected chi connectivity index (χ0v) is 17.9. The summed E-state index contributed by atoms with van der Waals surface area (Å²) in [6.07, 6.45) is 1.02. The number of amides is 2. The predicted octanol–water partition coefficient (Wildman–Crippen LogP) is -0.707. The number of β-lactam (4-membered cyclic amide) rings is 1. The average molecular weight is 477 g/mol. The molecule has 2 aliphatic rings. The first-order chi connectivity index (χ1) is 14.3. The van der Waals surface area contributed by atoms with Gasteiger partial charge in [-0.1, -0.05) is 5.16 Å². The Hall–Kier alpha value is -2.82. The fourth-order valence-corrected chi connectivity index (χ4v) is 4.00. The summed E-state index contributed by atoms with van der Waals surface area (Å²) < 4.78 is 34.8. The van der Waals surface area contributed by atoms with E-state index in [1.165, 1.54) is 19.2 Å². The molecule has 3 rings (SSSR count). The zero-order chi connectivity index (χ0) is 23.2. The molecule has 2 heterocycles. The minimum absolute atomic E-state index is 0.00418. The second kappa shape index (κ2) is 7.70. The van der Waals surface area contributed by atoms with Crippen LogP contribution in [0.4, 0.5) is 5.13 Å². The van der Waals surface area contributed by atoms with Gasteiger partial charge in [0.05, 0.1) is 5.54 Å². The number of nitrogen functional groups attached to an aromatic ring is 1. The van der Waals surface area contributed by atoms with Crippen LogP contribution in [0.25, 0.3) is 0 Å². The molecule has 2 amide bonds. The summed E-state index contributed by atoms with van der Waals surface area (Å²) in [4.78, 5) is 45.7. The third kappa shape index (κ3) is 4.32. The van der Waals surface area contributed by atoms with Gasteiger partial charge in [0.25, 0.3) is 11.8 Å². The molecule has 1 aromatic rings. The number of hydrogen-bond acceptors (Lipinski definition) is 11. The molecule has 14 nitrogen and oxygen atoms in total. The number of hydroxylamine groups is 2. The standard InChI is InChI=1S/C15H19N5O9S2/c1-14(2)9(11(22)20(14)29-31(25,26)27)18-10(21)8(7-6-30-13(16)17-7)19-28-15(12(23)24)4-3-5-15/h6,9H,3-5H2,1-2H3,(H2,16,17)(H,18,21)(H,23,24)(H,25,26,27)/b19-8-/t9-/m1/s1. The van der Waals surface area contributed by atoms with Gasteiger partial charge in [-0.2, -0.15) is 13.5 Å². The van der Waals surface area contributed by atoms with Crippen LogP contribution in [0.1, 0.15) is 38.8 Å². The summed E-state index contributed by atoms with van der Waals surface area (Å²) in [7, 11) is -4.96. The van der Waals surface area contributed by atoms with Gasteiger partial charge in [0.15, 0.2) is 10.8 Å². The Kier molecular flexibility index (Phi) is 5.68. The number of anilines is 1. The highest BCUT2D eigenvalue weighted by molar-refractivity contribution is 7.80. The molecule has 1 saturated heterocycles. The number of carboxylic acids is 1. The summed E-state index contributed by atoms with van der Waals surface area (Å²) in [6, 6.07) is -1.25. The number of carboxylic acid groups (broad SMARTS) is 1. The first-order valence-corrected chi connectivity index (χ1v) is 11.0. The number of rotatable bonds is 8. The topological polar surface area (TPSA) is 211 Å². The van der Waals surface area contributed by atoms with E-state index in [1.807, 2.05) is 0 Å². The minimum atomic E-state index is -4.96. The summed E-state index contributed by atoms with van der Waals surface area (Å²) in [6.45, 7) is 2.76. The fraction of sp³-hybridized carbons (Fsp3) is 0.533. The van der Waals surface area contributed by atoms with Crippen molar-refractivity contribution < 1.29 is 41.6 Å². The van der Waals surface area contributed by atoms with Gasteiger partial charge in [-0.05, 0) is 20.3 Å². The highest BCUT2D eigenvalue weighted by Gasteiger charge is 2.58. The van der Waals surface area contributed by atoms with E-state index in [2.05, 4.69) is 19.7 Å². The molecule has 5 N–H and O–H groups in total. The highest BCUT2D eigenvalue weighted by atomic mass is 32.3. The Morgan fingerprint density at radius 3 is 2.48 bits per heavy atom. The molecule has 0 spiro atoms. The SMILES string of the molecule is CC1(C)[C@H](NC(=O)/C(=N\OC2(C(=O)O)CCC2)c2csc(N)n2)C(=O)N1OS(=O)(=O)O. The normalized spacial score (nSPS) is 22.3. The Balaban J connectivity index is 1.82. The van der Waals surface area contributed by atoms with Gasteiger partial charge in [-0.3, -0.25) is 14.1 Å². The molecule has 31 heavy (non-hydrogen) atoms. The molecule has 0 radical (unpaired) electrons. The highest BCUT2D eigenvalue weighted by Crippen LogP contribution is 2.36. The first-order valence-electron chi connectivity index (χ1n) is 8.80. The molecule has 2 fully saturated rings. The lowest BCUT2D eigenvalue weighted by molar-refractivity contribution is -0.218. The maximum atomic E-state index is 12.8. The van der Waals surface area contributed by atoms with Crippen molar-refractivity contribution in [2.24, 2.45) is 5.16 Å². The van der Waals surface area contributed by atoms with Crippen LogP contribution < -0.4 is 11.1 Å². The van der Waals surface area contributed by atoms with E-state index in [1.54, 1.807) is 0 Å². The maximum absolute atomic E-state index is 12.8. The number of nitrogens with two attached hydrogens (primary N) is 1. The van der Waals surface area contributed by atoms with Crippen molar-refractivity contribution in [3.8, 4) is 0 Å². The van der Waals surface area contributed by atoms with E-state index in [4.69, 9.17) is 15.1 Å². The number of nitrogens with zero attached hydrogens (tertiary/aromatic N) is 3. The number of aromatic nitrogens is 1. The van der Waals surface area contributed by atoms with Gasteiger partial charge in [0.1, 0.15) is 11.7 Å². The zero-order valence-electron chi connectivity index (χ0n) is 16.3. The van der Waals surface area contributed by atoms with Crippen molar-refractivity contribution in [2.45, 2.75) is 50.3 Å². The van der Waals surface area contributed by atoms with Gasteiger partial charge in [0.2, 0.25) is 5.60 Å². The van der Waals surface area contributed by atoms with Gasteiger partial charge in [-0.25, -0.2) is 9.78 Å². The summed E-state index contributed by atoms with van der Waals surface area (Å²) >= 11 is 1.000. The molecule has 0 aromatic carbocycles. The molecular formula is C15H19N5O9S2. The summed E-state index contributed by atoms with van der Waals surface area (Å²) in [5.41, 5.74) is 2.26. The molecule has 1 aliphatic heterocycles. The molecule has 1 aliphatic carbocycles. The van der Waals surface area contributed by atoms with Crippen LogP contribution in [-0.2, 0) is 33.9 Å². The first kappa shape index (κ1) is 22.9. The number of carbonyl (C=O) groups excluding carboxylic acids is 2. The Bertz CT molecular complexity index is 1060. The van der Waals surface area contributed by atoms with Crippen molar-refractivity contribution in [1.29, 1.82) is 0 Å². The van der Waals surface area contributed by atoms with E-state index in [-0.39, 0.29) is 23.7 Å². The van der Waals surface area contributed by atoms with E-state index in [9.17, 15) is 27.9 Å². The van der Waals surface area contributed by atoms with E-state index >= 15 is 0 Å². The van der Waals surface area contributed by atoms with Crippen LogP contribution in [0.5, 0.6) is 0 Å². The molecule has 1 saturated carbocycles. The number of nitrogens with one attached hydrogen (secondary N) is 1. The maximum Gasteiger partial charge on any atom is 0.418 e. The quantitative estimate of drug-likeness (QED) is 0.159. The molecule has 170 valence electrons. The Morgan fingerprint density at radius 1 is 1.42 bits per heavy atom. The number of hydrogen-bond donors (Lipinski definition) is 4. The van der Waals surface area contributed by atoms with Crippen LogP contribution in [0.2, 0.25) is 0 Å². The van der Waals surface area contributed by atoms with Crippen molar-refractivity contribution in [1.82, 2.24) is 15.4 Å². The van der Waals surface area contributed by atoms with Gasteiger partial charge >= 0.3 is 16.4 Å². The molecule has 16 heteroatoms. The summed E-state index contributed by atoms with van der Waals surface area (Å²) in [5, 5.41) is 17.3. The molecule has 1 aromatic heterocycles. The smallest absolute Gasteiger partial charge is 0.418 e. The van der Waals surface area contributed by atoms with Crippen LogP contribution in [0.15, 0.2) is 10.5 Å². The van der Waals surface area contributed by atoms with Crippen molar-refractivity contribution >= 4 is 50.4 Å². The predicted molar refractivity (Wildman–Crippen MR) is 104 cm³/mol. The number of thiazole rings is 1. The van der Waals surface area contributed by atoms with Gasteiger partial charge in [-0.15, -0.1) is 15.6 Å². The Morgan fingerprint density at radius 2 is 2.06 bits per heavy atom. The molecular weight excluding hydrogens is 458 g/mol. The fourth-order valence-electron chi connectivity index (χ4n) is 3.00. The van der Waals surface area contributed by atoms with Gasteiger partial charge in [0, 0.05) is 18.2 Å². The minimum Gasteiger partial charge on any atom is -0.478 e. The number of oxime groups is 1. The molecule has 0 bridgehead atoms. The summed E-state index contributed by atoms with van der Waals surface area (Å²) in [5.74, 6) is -3.12. The lowest BCUT2D eigenvalue weighted by atomic mass is 9.80.